The zero-order valence-electron chi connectivity index (χ0n) is 15.6. The Morgan fingerprint density at radius 3 is 2.72 bits per heavy atom. The number of carbonyl (C=O) groups is 2. The number of ether oxygens (including phenoxy) is 2. The maximum absolute atomic E-state index is 12.2. The molecule has 2 amide bonds. The Labute approximate surface area is 167 Å². The molecule has 0 atom stereocenters. The van der Waals surface area contributed by atoms with Gasteiger partial charge in [-0.15, -0.1) is 0 Å². The molecule has 1 aliphatic rings. The third-order valence-corrected chi connectivity index (χ3v) is 4.44. The molecule has 0 saturated carbocycles. The normalized spacial score (nSPS) is 12.0. The van der Waals surface area contributed by atoms with E-state index >= 15 is 0 Å². The molecule has 4 rings (SSSR count). The largest absolute Gasteiger partial charge is 0.493 e. The number of para-hydroxylation sites is 1. The predicted octanol–water partition coefficient (Wildman–Crippen LogP) is 2.80. The minimum absolute atomic E-state index is 0.0895. The molecule has 29 heavy (non-hydrogen) atoms. The summed E-state index contributed by atoms with van der Waals surface area (Å²) < 4.78 is 16.5. The number of hydrogen-bond acceptors (Lipinski definition) is 5. The van der Waals surface area contributed by atoms with Crippen LogP contribution in [0.2, 0.25) is 0 Å². The van der Waals surface area contributed by atoms with E-state index in [1.807, 2.05) is 48.5 Å². The smallest absolute Gasteiger partial charge is 0.305 e. The quantitative estimate of drug-likeness (QED) is 0.630. The van der Waals surface area contributed by atoms with Gasteiger partial charge in [0.25, 0.3) is 0 Å². The van der Waals surface area contributed by atoms with Crippen LogP contribution in [0.5, 0.6) is 11.5 Å². The summed E-state index contributed by atoms with van der Waals surface area (Å²) in [6.07, 6.45) is 0.998. The Balaban J connectivity index is 1.25. The Hall–Kier alpha value is -3.74. The first-order valence-corrected chi connectivity index (χ1v) is 9.28. The SMILES string of the molecule is O=C(Cc1ccc2c(c1)CCO2)NNC(=O)c1ccc(COc2ccccc2)o1. The average molecular weight is 392 g/mol. The van der Waals surface area contributed by atoms with Crippen molar-refractivity contribution in [2.75, 3.05) is 6.61 Å². The van der Waals surface area contributed by atoms with Crippen LogP contribution >= 0.6 is 0 Å². The molecule has 2 heterocycles. The number of fused-ring (bicyclic) bond motifs is 1. The van der Waals surface area contributed by atoms with Gasteiger partial charge in [0.1, 0.15) is 23.9 Å². The second kappa shape index (κ2) is 8.52. The van der Waals surface area contributed by atoms with Crippen LogP contribution < -0.4 is 20.3 Å². The lowest BCUT2D eigenvalue weighted by atomic mass is 10.1. The number of hydrazine groups is 1. The molecule has 0 bridgehead atoms. The van der Waals surface area contributed by atoms with Crippen molar-refractivity contribution in [2.24, 2.45) is 0 Å². The number of furan rings is 1. The first kappa shape index (κ1) is 18.6. The molecule has 0 spiro atoms. The molecule has 0 aliphatic carbocycles. The fraction of sp³-hybridized carbons (Fsp3) is 0.182. The second-order valence-electron chi connectivity index (χ2n) is 6.59. The third-order valence-electron chi connectivity index (χ3n) is 4.44. The van der Waals surface area contributed by atoms with Crippen molar-refractivity contribution in [1.82, 2.24) is 10.9 Å². The van der Waals surface area contributed by atoms with E-state index < -0.39 is 5.91 Å². The highest BCUT2D eigenvalue weighted by atomic mass is 16.5. The standard InChI is InChI=1S/C22H20N2O5/c25-21(13-15-6-8-19-16(12-15)10-11-27-19)23-24-22(26)20-9-7-18(29-20)14-28-17-4-2-1-3-5-17/h1-9,12H,10-11,13-14H2,(H,23,25)(H,24,26). The molecule has 0 unspecified atom stereocenters. The maximum atomic E-state index is 12.2. The van der Waals surface area contributed by atoms with Crippen molar-refractivity contribution in [3.63, 3.8) is 0 Å². The second-order valence-corrected chi connectivity index (χ2v) is 6.59. The van der Waals surface area contributed by atoms with Gasteiger partial charge in [-0.3, -0.25) is 20.4 Å². The van der Waals surface area contributed by atoms with Crippen LogP contribution in [0, 0.1) is 0 Å². The van der Waals surface area contributed by atoms with Crippen molar-refractivity contribution in [2.45, 2.75) is 19.4 Å². The lowest BCUT2D eigenvalue weighted by Crippen LogP contribution is -2.42. The van der Waals surface area contributed by atoms with Crippen molar-refractivity contribution in [1.29, 1.82) is 0 Å². The fourth-order valence-electron chi connectivity index (χ4n) is 3.02. The predicted molar refractivity (Wildman–Crippen MR) is 104 cm³/mol. The monoisotopic (exact) mass is 392 g/mol. The van der Waals surface area contributed by atoms with Gasteiger partial charge in [0.15, 0.2) is 5.76 Å². The Morgan fingerprint density at radius 1 is 1.00 bits per heavy atom. The average Bonchev–Trinajstić information content (AvgIpc) is 3.40. The van der Waals surface area contributed by atoms with Crippen molar-refractivity contribution < 1.29 is 23.5 Å². The number of carbonyl (C=O) groups excluding carboxylic acids is 2. The third kappa shape index (κ3) is 4.76. The van der Waals surface area contributed by atoms with E-state index in [0.717, 1.165) is 23.3 Å². The molecule has 7 heteroatoms. The molecule has 0 saturated heterocycles. The number of amides is 2. The van der Waals surface area contributed by atoms with Gasteiger partial charge in [-0.2, -0.15) is 0 Å². The summed E-state index contributed by atoms with van der Waals surface area (Å²) in [5.41, 5.74) is 6.72. The van der Waals surface area contributed by atoms with E-state index in [0.29, 0.717) is 18.1 Å². The fourth-order valence-corrected chi connectivity index (χ4v) is 3.02. The van der Waals surface area contributed by atoms with E-state index in [1.54, 1.807) is 6.07 Å². The lowest BCUT2D eigenvalue weighted by Gasteiger charge is -2.07. The van der Waals surface area contributed by atoms with Crippen LogP contribution in [0.15, 0.2) is 65.1 Å². The van der Waals surface area contributed by atoms with Crippen molar-refractivity contribution >= 4 is 11.8 Å². The van der Waals surface area contributed by atoms with Gasteiger partial charge < -0.3 is 13.9 Å². The molecular formula is C22H20N2O5. The van der Waals surface area contributed by atoms with Crippen molar-refractivity contribution in [3.8, 4) is 11.5 Å². The van der Waals surface area contributed by atoms with Crippen LogP contribution in [0.1, 0.15) is 27.4 Å². The zero-order chi connectivity index (χ0) is 20.1. The number of benzene rings is 2. The highest BCUT2D eigenvalue weighted by Crippen LogP contribution is 2.25. The van der Waals surface area contributed by atoms with E-state index in [9.17, 15) is 9.59 Å². The molecule has 7 nitrogen and oxygen atoms in total. The number of hydrogen-bond donors (Lipinski definition) is 2. The molecule has 0 fully saturated rings. The highest BCUT2D eigenvalue weighted by molar-refractivity contribution is 5.93. The minimum Gasteiger partial charge on any atom is -0.493 e. The topological polar surface area (TPSA) is 89.8 Å². The first-order valence-electron chi connectivity index (χ1n) is 9.28. The van der Waals surface area contributed by atoms with E-state index in [-0.39, 0.29) is 24.7 Å². The Bertz CT molecular complexity index is 1010. The van der Waals surface area contributed by atoms with Gasteiger partial charge in [-0.05, 0) is 41.5 Å². The summed E-state index contributed by atoms with van der Waals surface area (Å²) in [4.78, 5) is 24.3. The van der Waals surface area contributed by atoms with Gasteiger partial charge in [0.05, 0.1) is 13.0 Å². The number of nitrogens with one attached hydrogen (secondary N) is 2. The maximum Gasteiger partial charge on any atom is 0.305 e. The lowest BCUT2D eigenvalue weighted by molar-refractivity contribution is -0.121. The van der Waals surface area contributed by atoms with Gasteiger partial charge in [-0.1, -0.05) is 30.3 Å². The molecule has 1 aliphatic heterocycles. The van der Waals surface area contributed by atoms with Crippen LogP contribution in [0.4, 0.5) is 0 Å². The summed E-state index contributed by atoms with van der Waals surface area (Å²) >= 11 is 0. The summed E-state index contributed by atoms with van der Waals surface area (Å²) in [7, 11) is 0. The van der Waals surface area contributed by atoms with E-state index in [4.69, 9.17) is 13.9 Å². The van der Waals surface area contributed by atoms with E-state index in [1.165, 1.54) is 6.07 Å². The molecule has 3 aromatic rings. The molecule has 2 N–H and O–H groups in total. The van der Waals surface area contributed by atoms with Gasteiger partial charge >= 0.3 is 5.91 Å². The van der Waals surface area contributed by atoms with Gasteiger partial charge in [0, 0.05) is 6.42 Å². The van der Waals surface area contributed by atoms with Crippen LogP contribution in [0.25, 0.3) is 0 Å². The van der Waals surface area contributed by atoms with Crippen molar-refractivity contribution in [3.05, 3.63) is 83.3 Å². The van der Waals surface area contributed by atoms with Gasteiger partial charge in [0.2, 0.25) is 5.91 Å². The zero-order valence-corrected chi connectivity index (χ0v) is 15.6. The molecule has 148 valence electrons. The Kier molecular flexibility index (Phi) is 5.47. The van der Waals surface area contributed by atoms with Crippen LogP contribution in [0.3, 0.4) is 0 Å². The summed E-state index contributed by atoms with van der Waals surface area (Å²) in [5.74, 6) is 1.31. The minimum atomic E-state index is -0.535. The Morgan fingerprint density at radius 2 is 1.86 bits per heavy atom. The van der Waals surface area contributed by atoms with Crippen LogP contribution in [-0.4, -0.2) is 18.4 Å². The summed E-state index contributed by atoms with van der Waals surface area (Å²) in [6.45, 7) is 0.869. The van der Waals surface area contributed by atoms with Crippen LogP contribution in [-0.2, 0) is 24.2 Å². The number of rotatable bonds is 6. The first-order chi connectivity index (χ1) is 14.2. The summed E-state index contributed by atoms with van der Waals surface area (Å²) in [5, 5.41) is 0. The van der Waals surface area contributed by atoms with E-state index in [2.05, 4.69) is 10.9 Å². The van der Waals surface area contributed by atoms with Gasteiger partial charge in [-0.25, -0.2) is 0 Å². The molecule has 0 radical (unpaired) electrons. The highest BCUT2D eigenvalue weighted by Gasteiger charge is 2.15. The summed E-state index contributed by atoms with van der Waals surface area (Å²) in [6, 6.07) is 18.2. The molecular weight excluding hydrogens is 372 g/mol. The molecule has 2 aromatic carbocycles. The molecule has 1 aromatic heterocycles.